The number of ketones is 1. The first kappa shape index (κ1) is 15.6. The van der Waals surface area contributed by atoms with E-state index in [9.17, 15) is 4.79 Å². The van der Waals surface area contributed by atoms with Crippen LogP contribution in [0.15, 0.2) is 49.1 Å². The molecule has 0 saturated heterocycles. The van der Waals surface area contributed by atoms with E-state index in [-0.39, 0.29) is 5.78 Å². The van der Waals surface area contributed by atoms with E-state index in [1.54, 1.807) is 23.7 Å². The van der Waals surface area contributed by atoms with Gasteiger partial charge in [0.05, 0.1) is 12.1 Å². The Balaban J connectivity index is 1.71. The molecule has 4 nitrogen and oxygen atoms in total. The Kier molecular flexibility index (Phi) is 4.98. The van der Waals surface area contributed by atoms with Crippen molar-refractivity contribution in [1.82, 2.24) is 14.5 Å². The maximum atomic E-state index is 12.6. The van der Waals surface area contributed by atoms with Gasteiger partial charge >= 0.3 is 0 Å². The maximum absolute atomic E-state index is 12.6. The van der Waals surface area contributed by atoms with Crippen molar-refractivity contribution < 1.29 is 4.79 Å². The molecule has 0 radical (unpaired) electrons. The lowest BCUT2D eigenvalue weighted by atomic mass is 10.2. The Labute approximate surface area is 139 Å². The molecule has 23 heavy (non-hydrogen) atoms. The molecule has 0 amide bonds. The van der Waals surface area contributed by atoms with E-state index >= 15 is 0 Å². The fraction of sp³-hybridized carbons (Fsp3) is 0.278. The van der Waals surface area contributed by atoms with E-state index in [0.717, 1.165) is 29.1 Å². The first-order chi connectivity index (χ1) is 11.3. The third-order valence-corrected chi connectivity index (χ3v) is 4.68. The van der Waals surface area contributed by atoms with Crippen LogP contribution in [0.5, 0.6) is 0 Å². The van der Waals surface area contributed by atoms with Crippen molar-refractivity contribution in [3.8, 4) is 0 Å². The molecular formula is C18H19N3OS. The summed E-state index contributed by atoms with van der Waals surface area (Å²) in [5, 5.41) is 0.898. The number of aryl methyl sites for hydroxylation is 1. The van der Waals surface area contributed by atoms with E-state index in [0.29, 0.717) is 13.0 Å². The summed E-state index contributed by atoms with van der Waals surface area (Å²) in [6, 6.07) is 7.72. The molecule has 0 fully saturated rings. The van der Waals surface area contributed by atoms with Crippen LogP contribution in [0.25, 0.3) is 0 Å². The van der Waals surface area contributed by atoms with E-state index in [2.05, 4.69) is 16.9 Å². The lowest BCUT2D eigenvalue weighted by Crippen LogP contribution is -2.11. The van der Waals surface area contributed by atoms with Crippen LogP contribution in [0.1, 0.15) is 39.3 Å². The third kappa shape index (κ3) is 3.93. The SMILES string of the molecule is CCCc1cnc(CC(=O)c2cccn2Cc2ccncc2)s1. The summed E-state index contributed by atoms with van der Waals surface area (Å²) < 4.78 is 1.98. The number of hydrogen-bond acceptors (Lipinski definition) is 4. The van der Waals surface area contributed by atoms with Gasteiger partial charge in [0.25, 0.3) is 0 Å². The molecule has 0 N–H and O–H groups in total. The van der Waals surface area contributed by atoms with E-state index in [1.165, 1.54) is 4.88 Å². The Morgan fingerprint density at radius 3 is 2.87 bits per heavy atom. The van der Waals surface area contributed by atoms with Crippen LogP contribution in [0.3, 0.4) is 0 Å². The Bertz CT molecular complexity index is 776. The molecule has 0 aromatic carbocycles. The Hall–Kier alpha value is -2.27. The van der Waals surface area contributed by atoms with Crippen LogP contribution in [0, 0.1) is 0 Å². The Morgan fingerprint density at radius 1 is 1.26 bits per heavy atom. The summed E-state index contributed by atoms with van der Waals surface area (Å²) in [4.78, 5) is 22.2. The standard InChI is InChI=1S/C18H19N3OS/c1-2-4-15-12-20-18(23-15)11-17(22)16-5-3-10-21(16)13-14-6-8-19-9-7-14/h3,5-10,12H,2,4,11,13H2,1H3. The van der Waals surface area contributed by atoms with E-state index in [4.69, 9.17) is 0 Å². The zero-order chi connectivity index (χ0) is 16.1. The number of carbonyl (C=O) groups excluding carboxylic acids is 1. The minimum Gasteiger partial charge on any atom is -0.341 e. The fourth-order valence-corrected chi connectivity index (χ4v) is 3.53. The minimum absolute atomic E-state index is 0.112. The predicted molar refractivity (Wildman–Crippen MR) is 91.9 cm³/mol. The molecule has 0 unspecified atom stereocenters. The quantitative estimate of drug-likeness (QED) is 0.621. The van der Waals surface area contributed by atoms with Crippen molar-refractivity contribution in [2.45, 2.75) is 32.7 Å². The summed E-state index contributed by atoms with van der Waals surface area (Å²) >= 11 is 1.64. The zero-order valence-electron chi connectivity index (χ0n) is 13.1. The average molecular weight is 325 g/mol. The van der Waals surface area contributed by atoms with Gasteiger partial charge < -0.3 is 4.57 Å². The van der Waals surface area contributed by atoms with Gasteiger partial charge in [-0.15, -0.1) is 11.3 Å². The van der Waals surface area contributed by atoms with Crippen LogP contribution in [-0.2, 0) is 19.4 Å². The number of nitrogens with zero attached hydrogens (tertiary/aromatic N) is 3. The number of Topliss-reactive ketones (excluding diaryl/α,β-unsaturated/α-hetero) is 1. The lowest BCUT2D eigenvalue weighted by Gasteiger charge is -2.08. The van der Waals surface area contributed by atoms with E-state index in [1.807, 2.05) is 41.2 Å². The molecular weight excluding hydrogens is 306 g/mol. The summed E-state index contributed by atoms with van der Waals surface area (Å²) in [6.45, 7) is 2.83. The Morgan fingerprint density at radius 2 is 2.09 bits per heavy atom. The molecule has 3 aromatic rings. The number of aromatic nitrogens is 3. The highest BCUT2D eigenvalue weighted by atomic mass is 32.1. The molecule has 0 spiro atoms. The van der Waals surface area contributed by atoms with Crippen molar-refractivity contribution in [3.63, 3.8) is 0 Å². The first-order valence-electron chi connectivity index (χ1n) is 7.77. The number of pyridine rings is 1. The van der Waals surface area contributed by atoms with Crippen molar-refractivity contribution in [2.75, 3.05) is 0 Å². The van der Waals surface area contributed by atoms with Crippen molar-refractivity contribution in [3.05, 3.63) is 70.2 Å². The van der Waals surface area contributed by atoms with Crippen LogP contribution in [-0.4, -0.2) is 20.3 Å². The minimum atomic E-state index is 0.112. The normalized spacial score (nSPS) is 10.8. The van der Waals surface area contributed by atoms with Gasteiger partial charge in [0.2, 0.25) is 0 Å². The van der Waals surface area contributed by atoms with Gasteiger partial charge in [-0.1, -0.05) is 13.3 Å². The summed E-state index contributed by atoms with van der Waals surface area (Å²) in [5.74, 6) is 0.112. The van der Waals surface area contributed by atoms with Crippen LogP contribution < -0.4 is 0 Å². The lowest BCUT2D eigenvalue weighted by molar-refractivity contribution is 0.0984. The maximum Gasteiger partial charge on any atom is 0.186 e. The van der Waals surface area contributed by atoms with Crippen molar-refractivity contribution >= 4 is 17.1 Å². The highest BCUT2D eigenvalue weighted by Gasteiger charge is 2.14. The van der Waals surface area contributed by atoms with E-state index < -0.39 is 0 Å². The molecule has 118 valence electrons. The fourth-order valence-electron chi connectivity index (χ4n) is 2.51. The van der Waals surface area contributed by atoms with Gasteiger partial charge in [-0.25, -0.2) is 4.98 Å². The summed E-state index contributed by atoms with van der Waals surface area (Å²) in [7, 11) is 0. The molecule has 0 bridgehead atoms. The molecule has 0 aliphatic heterocycles. The molecule has 3 heterocycles. The molecule has 0 saturated carbocycles. The molecule has 0 aliphatic carbocycles. The van der Waals surface area contributed by atoms with Gasteiger partial charge in [0, 0.05) is 36.2 Å². The zero-order valence-corrected chi connectivity index (χ0v) is 13.9. The summed E-state index contributed by atoms with van der Waals surface area (Å²) in [5.41, 5.74) is 1.86. The summed E-state index contributed by atoms with van der Waals surface area (Å²) in [6.07, 6.45) is 9.88. The number of hydrogen-bond donors (Lipinski definition) is 0. The number of carbonyl (C=O) groups is 1. The third-order valence-electron chi connectivity index (χ3n) is 3.63. The van der Waals surface area contributed by atoms with Crippen LogP contribution >= 0.6 is 11.3 Å². The highest BCUT2D eigenvalue weighted by Crippen LogP contribution is 2.17. The highest BCUT2D eigenvalue weighted by molar-refractivity contribution is 7.11. The molecule has 3 rings (SSSR count). The van der Waals surface area contributed by atoms with Gasteiger partial charge in [0.15, 0.2) is 5.78 Å². The van der Waals surface area contributed by atoms with Gasteiger partial charge in [-0.05, 0) is 36.2 Å². The van der Waals surface area contributed by atoms with Crippen LogP contribution in [0.4, 0.5) is 0 Å². The average Bonchev–Trinajstić information content (AvgIpc) is 3.18. The van der Waals surface area contributed by atoms with Crippen molar-refractivity contribution in [2.24, 2.45) is 0 Å². The predicted octanol–water partition coefficient (Wildman–Crippen LogP) is 3.77. The second-order valence-corrected chi connectivity index (χ2v) is 6.65. The molecule has 0 atom stereocenters. The van der Waals surface area contributed by atoms with Gasteiger partial charge in [-0.3, -0.25) is 9.78 Å². The largest absolute Gasteiger partial charge is 0.341 e. The first-order valence-corrected chi connectivity index (χ1v) is 8.58. The van der Waals surface area contributed by atoms with Gasteiger partial charge in [0.1, 0.15) is 5.01 Å². The number of thiazole rings is 1. The van der Waals surface area contributed by atoms with Gasteiger partial charge in [-0.2, -0.15) is 0 Å². The number of rotatable bonds is 7. The second kappa shape index (κ2) is 7.33. The molecule has 3 aromatic heterocycles. The smallest absolute Gasteiger partial charge is 0.186 e. The molecule has 5 heteroatoms. The monoisotopic (exact) mass is 325 g/mol. The second-order valence-electron chi connectivity index (χ2n) is 5.45. The molecule has 0 aliphatic rings. The topological polar surface area (TPSA) is 47.8 Å². The van der Waals surface area contributed by atoms with Crippen molar-refractivity contribution in [1.29, 1.82) is 0 Å². The van der Waals surface area contributed by atoms with Crippen LogP contribution in [0.2, 0.25) is 0 Å².